The van der Waals surface area contributed by atoms with Crippen LogP contribution in [0.3, 0.4) is 0 Å². The second-order valence-corrected chi connectivity index (χ2v) is 5.94. The molecule has 1 aliphatic rings. The van der Waals surface area contributed by atoms with Crippen LogP contribution in [-0.4, -0.2) is 35.6 Å². The van der Waals surface area contributed by atoms with Gasteiger partial charge in [0.15, 0.2) is 0 Å². The summed E-state index contributed by atoms with van der Waals surface area (Å²) in [5, 5.41) is 3.38. The van der Waals surface area contributed by atoms with Crippen molar-refractivity contribution < 1.29 is 0 Å². The van der Waals surface area contributed by atoms with Gasteiger partial charge in [0.1, 0.15) is 0 Å². The fourth-order valence-electron chi connectivity index (χ4n) is 2.42. The first-order chi connectivity index (χ1) is 9.74. The SMILES string of the molecule is CC1CNCCN1c1ncc(-c2cccc(Br)c2)cn1. The standard InChI is InChI=1S/C15H17BrN4/c1-11-8-17-5-6-20(11)15-18-9-13(10-19-15)12-3-2-4-14(16)7-12/h2-4,7,9-11,17H,5-6,8H2,1H3. The normalized spacial score (nSPS) is 19.1. The van der Waals surface area contributed by atoms with Gasteiger partial charge in [-0.3, -0.25) is 0 Å². The van der Waals surface area contributed by atoms with E-state index >= 15 is 0 Å². The molecule has 0 radical (unpaired) electrons. The molecule has 2 aromatic rings. The van der Waals surface area contributed by atoms with E-state index < -0.39 is 0 Å². The molecule has 2 heterocycles. The van der Waals surface area contributed by atoms with Crippen LogP contribution in [0.1, 0.15) is 6.92 Å². The van der Waals surface area contributed by atoms with Crippen LogP contribution >= 0.6 is 15.9 Å². The van der Waals surface area contributed by atoms with Crippen molar-refractivity contribution in [1.29, 1.82) is 0 Å². The molecule has 0 aliphatic carbocycles. The smallest absolute Gasteiger partial charge is 0.225 e. The number of halogens is 1. The van der Waals surface area contributed by atoms with Crippen molar-refractivity contribution in [3.05, 3.63) is 41.1 Å². The molecule has 4 nitrogen and oxygen atoms in total. The van der Waals surface area contributed by atoms with Crippen molar-refractivity contribution in [3.8, 4) is 11.1 Å². The van der Waals surface area contributed by atoms with E-state index in [0.717, 1.165) is 41.2 Å². The number of piperazine rings is 1. The van der Waals surface area contributed by atoms with E-state index in [4.69, 9.17) is 0 Å². The van der Waals surface area contributed by atoms with Crippen LogP contribution in [0.5, 0.6) is 0 Å². The molecule has 1 aromatic heterocycles. The van der Waals surface area contributed by atoms with Crippen LogP contribution in [0.25, 0.3) is 11.1 Å². The Morgan fingerprint density at radius 3 is 2.75 bits per heavy atom. The maximum Gasteiger partial charge on any atom is 0.225 e. The Hall–Kier alpha value is -1.46. The van der Waals surface area contributed by atoms with Crippen LogP contribution in [-0.2, 0) is 0 Å². The number of aromatic nitrogens is 2. The minimum Gasteiger partial charge on any atom is -0.336 e. The number of anilines is 1. The van der Waals surface area contributed by atoms with Gasteiger partial charge in [0.25, 0.3) is 0 Å². The molecule has 0 saturated carbocycles. The largest absolute Gasteiger partial charge is 0.336 e. The van der Waals surface area contributed by atoms with Gasteiger partial charge in [0, 0.05) is 48.1 Å². The Morgan fingerprint density at radius 2 is 2.05 bits per heavy atom. The van der Waals surface area contributed by atoms with Gasteiger partial charge in [0.2, 0.25) is 5.95 Å². The highest BCUT2D eigenvalue weighted by molar-refractivity contribution is 9.10. The molecule has 104 valence electrons. The van der Waals surface area contributed by atoms with Gasteiger partial charge in [-0.25, -0.2) is 9.97 Å². The summed E-state index contributed by atoms with van der Waals surface area (Å²) in [5.74, 6) is 0.817. The molecule has 0 amide bonds. The molecular weight excluding hydrogens is 316 g/mol. The predicted octanol–water partition coefficient (Wildman–Crippen LogP) is 2.70. The monoisotopic (exact) mass is 332 g/mol. The van der Waals surface area contributed by atoms with Gasteiger partial charge in [-0.2, -0.15) is 0 Å². The summed E-state index contributed by atoms with van der Waals surface area (Å²) in [5.41, 5.74) is 2.16. The van der Waals surface area contributed by atoms with E-state index in [-0.39, 0.29) is 0 Å². The molecule has 1 atom stereocenters. The number of benzene rings is 1. The maximum absolute atomic E-state index is 4.53. The van der Waals surface area contributed by atoms with Gasteiger partial charge < -0.3 is 10.2 Å². The third-order valence-corrected chi connectivity index (χ3v) is 4.05. The van der Waals surface area contributed by atoms with Gasteiger partial charge in [-0.05, 0) is 24.6 Å². The van der Waals surface area contributed by atoms with E-state index in [1.807, 2.05) is 24.5 Å². The molecule has 20 heavy (non-hydrogen) atoms. The Balaban J connectivity index is 1.84. The Bertz CT molecular complexity index is 585. The molecule has 1 fully saturated rings. The van der Waals surface area contributed by atoms with Crippen molar-refractivity contribution in [2.45, 2.75) is 13.0 Å². The van der Waals surface area contributed by atoms with Crippen molar-refractivity contribution in [2.75, 3.05) is 24.5 Å². The van der Waals surface area contributed by atoms with Crippen LogP contribution in [0, 0.1) is 0 Å². The summed E-state index contributed by atoms with van der Waals surface area (Å²) in [6.07, 6.45) is 3.80. The maximum atomic E-state index is 4.53. The van der Waals surface area contributed by atoms with Crippen LogP contribution < -0.4 is 10.2 Å². The molecule has 1 unspecified atom stereocenters. The van der Waals surface area contributed by atoms with E-state index in [1.165, 1.54) is 0 Å². The highest BCUT2D eigenvalue weighted by Gasteiger charge is 2.20. The summed E-state index contributed by atoms with van der Waals surface area (Å²) >= 11 is 3.49. The van der Waals surface area contributed by atoms with Crippen LogP contribution in [0.4, 0.5) is 5.95 Å². The minimum absolute atomic E-state index is 0.431. The van der Waals surface area contributed by atoms with Gasteiger partial charge in [-0.1, -0.05) is 28.1 Å². The molecule has 1 aliphatic heterocycles. The topological polar surface area (TPSA) is 41.0 Å². The first kappa shape index (κ1) is 13.5. The molecule has 3 rings (SSSR count). The molecule has 1 N–H and O–H groups in total. The van der Waals surface area contributed by atoms with Gasteiger partial charge in [0.05, 0.1) is 0 Å². The number of nitrogens with one attached hydrogen (secondary N) is 1. The number of hydrogen-bond donors (Lipinski definition) is 1. The lowest BCUT2D eigenvalue weighted by Crippen LogP contribution is -2.50. The van der Waals surface area contributed by atoms with Crippen LogP contribution in [0.15, 0.2) is 41.1 Å². The summed E-state index contributed by atoms with van der Waals surface area (Å²) in [4.78, 5) is 11.3. The highest BCUT2D eigenvalue weighted by Crippen LogP contribution is 2.23. The Morgan fingerprint density at radius 1 is 1.25 bits per heavy atom. The second-order valence-electron chi connectivity index (χ2n) is 5.03. The first-order valence-electron chi connectivity index (χ1n) is 6.79. The zero-order valence-corrected chi connectivity index (χ0v) is 13.0. The molecular formula is C15H17BrN4. The van der Waals surface area contributed by atoms with Crippen molar-refractivity contribution in [3.63, 3.8) is 0 Å². The Kier molecular flexibility index (Phi) is 3.98. The first-order valence-corrected chi connectivity index (χ1v) is 7.59. The van der Waals surface area contributed by atoms with Crippen LogP contribution in [0.2, 0.25) is 0 Å². The third kappa shape index (κ3) is 2.83. The molecule has 5 heteroatoms. The molecule has 0 bridgehead atoms. The average Bonchev–Trinajstić information content (AvgIpc) is 2.48. The van der Waals surface area contributed by atoms with Crippen molar-refractivity contribution in [2.24, 2.45) is 0 Å². The summed E-state index contributed by atoms with van der Waals surface area (Å²) in [6.45, 7) is 5.12. The second kappa shape index (κ2) is 5.89. The summed E-state index contributed by atoms with van der Waals surface area (Å²) in [6, 6.07) is 8.61. The predicted molar refractivity (Wildman–Crippen MR) is 84.8 cm³/mol. The lowest BCUT2D eigenvalue weighted by atomic mass is 10.1. The molecule has 1 aromatic carbocycles. The fourth-order valence-corrected chi connectivity index (χ4v) is 2.82. The number of nitrogens with zero attached hydrogens (tertiary/aromatic N) is 3. The lowest BCUT2D eigenvalue weighted by molar-refractivity contribution is 0.493. The zero-order chi connectivity index (χ0) is 13.9. The quantitative estimate of drug-likeness (QED) is 0.918. The van der Waals surface area contributed by atoms with E-state index in [1.54, 1.807) is 0 Å². The summed E-state index contributed by atoms with van der Waals surface area (Å²) < 4.78 is 1.06. The number of rotatable bonds is 2. The summed E-state index contributed by atoms with van der Waals surface area (Å²) in [7, 11) is 0. The molecule has 1 saturated heterocycles. The third-order valence-electron chi connectivity index (χ3n) is 3.55. The van der Waals surface area contributed by atoms with Crippen molar-refractivity contribution in [1.82, 2.24) is 15.3 Å². The number of hydrogen-bond acceptors (Lipinski definition) is 4. The lowest BCUT2D eigenvalue weighted by Gasteiger charge is -2.33. The van der Waals surface area contributed by atoms with E-state index in [0.29, 0.717) is 6.04 Å². The molecule has 0 spiro atoms. The zero-order valence-electron chi connectivity index (χ0n) is 11.4. The highest BCUT2D eigenvalue weighted by atomic mass is 79.9. The Labute approximate surface area is 127 Å². The fraction of sp³-hybridized carbons (Fsp3) is 0.333. The van der Waals surface area contributed by atoms with Crippen molar-refractivity contribution >= 4 is 21.9 Å². The average molecular weight is 333 g/mol. The van der Waals surface area contributed by atoms with E-state index in [2.05, 4.69) is 55.2 Å². The minimum atomic E-state index is 0.431. The van der Waals surface area contributed by atoms with Gasteiger partial charge in [-0.15, -0.1) is 0 Å². The van der Waals surface area contributed by atoms with Gasteiger partial charge >= 0.3 is 0 Å². The van der Waals surface area contributed by atoms with E-state index in [9.17, 15) is 0 Å².